The van der Waals surface area contributed by atoms with E-state index in [-0.39, 0.29) is 6.10 Å². The molecule has 0 aliphatic heterocycles. The number of aliphatic hydroxyl groups excluding tert-OH is 1. The second-order valence-electron chi connectivity index (χ2n) is 5.50. The fourth-order valence-electron chi connectivity index (χ4n) is 2.46. The third kappa shape index (κ3) is 3.56. The number of aryl methyl sites for hydroxylation is 1. The molecule has 0 atom stereocenters. The maximum absolute atomic E-state index is 9.34. The molecule has 2 rings (SSSR count). The van der Waals surface area contributed by atoms with Crippen LogP contribution in [0.1, 0.15) is 31.7 Å². The summed E-state index contributed by atoms with van der Waals surface area (Å²) in [4.78, 5) is 11.0. The first kappa shape index (κ1) is 14.1. The van der Waals surface area contributed by atoms with Crippen LogP contribution < -0.4 is 10.2 Å². The van der Waals surface area contributed by atoms with E-state index in [1.165, 1.54) is 0 Å². The molecule has 0 unspecified atom stereocenters. The molecule has 106 valence electrons. The van der Waals surface area contributed by atoms with Crippen LogP contribution in [-0.2, 0) is 0 Å². The lowest BCUT2D eigenvalue weighted by Crippen LogP contribution is -2.37. The zero-order chi connectivity index (χ0) is 13.8. The average molecular weight is 264 g/mol. The van der Waals surface area contributed by atoms with E-state index in [2.05, 4.69) is 34.2 Å². The van der Waals surface area contributed by atoms with Crippen molar-refractivity contribution < 1.29 is 5.11 Å². The molecule has 0 aromatic carbocycles. The van der Waals surface area contributed by atoms with Gasteiger partial charge in [-0.3, -0.25) is 0 Å². The summed E-state index contributed by atoms with van der Waals surface area (Å²) in [5, 5.41) is 12.6. The standard InChI is InChI=1S/C14H24N4O/c1-4-5-15-14-16-8-10(2)13(17-14)18(3)9-11-6-12(19)7-11/h8,11-12,19H,4-7,9H2,1-3H3,(H,15,16,17). The van der Waals surface area contributed by atoms with Crippen LogP contribution in [0.4, 0.5) is 11.8 Å². The molecule has 19 heavy (non-hydrogen) atoms. The molecule has 0 amide bonds. The summed E-state index contributed by atoms with van der Waals surface area (Å²) in [5.74, 6) is 2.26. The van der Waals surface area contributed by atoms with Gasteiger partial charge in [-0.1, -0.05) is 6.92 Å². The molecule has 1 heterocycles. The van der Waals surface area contributed by atoms with E-state index in [4.69, 9.17) is 0 Å². The minimum absolute atomic E-state index is 0.0910. The minimum Gasteiger partial charge on any atom is -0.393 e. The van der Waals surface area contributed by atoms with E-state index < -0.39 is 0 Å². The number of hydrogen-bond donors (Lipinski definition) is 2. The Balaban J connectivity index is 2.00. The van der Waals surface area contributed by atoms with Crippen molar-refractivity contribution in [2.45, 2.75) is 39.2 Å². The van der Waals surface area contributed by atoms with Crippen LogP contribution in [-0.4, -0.2) is 41.3 Å². The van der Waals surface area contributed by atoms with Crippen molar-refractivity contribution >= 4 is 11.8 Å². The fraction of sp³-hybridized carbons (Fsp3) is 0.714. The summed E-state index contributed by atoms with van der Waals surface area (Å²) >= 11 is 0. The number of aromatic nitrogens is 2. The molecule has 1 aromatic heterocycles. The second kappa shape index (κ2) is 6.19. The Morgan fingerprint density at radius 1 is 1.47 bits per heavy atom. The number of nitrogens with zero attached hydrogens (tertiary/aromatic N) is 3. The lowest BCUT2D eigenvalue weighted by Gasteiger charge is -2.35. The Hall–Kier alpha value is -1.36. The molecule has 0 bridgehead atoms. The summed E-state index contributed by atoms with van der Waals surface area (Å²) in [6.07, 6.45) is 4.66. The molecule has 0 spiro atoms. The highest BCUT2D eigenvalue weighted by Crippen LogP contribution is 2.29. The zero-order valence-corrected chi connectivity index (χ0v) is 12.1. The van der Waals surface area contributed by atoms with E-state index in [0.717, 1.165) is 43.7 Å². The van der Waals surface area contributed by atoms with Crippen LogP contribution in [0.25, 0.3) is 0 Å². The molecular weight excluding hydrogens is 240 g/mol. The molecule has 5 heteroatoms. The number of aliphatic hydroxyl groups is 1. The highest BCUT2D eigenvalue weighted by Gasteiger charge is 2.28. The van der Waals surface area contributed by atoms with Crippen LogP contribution >= 0.6 is 0 Å². The van der Waals surface area contributed by atoms with E-state index in [1.807, 2.05) is 13.1 Å². The Bertz CT molecular complexity index is 418. The third-order valence-corrected chi connectivity index (χ3v) is 3.58. The van der Waals surface area contributed by atoms with Gasteiger partial charge in [-0.2, -0.15) is 4.98 Å². The van der Waals surface area contributed by atoms with Crippen molar-refractivity contribution in [1.29, 1.82) is 0 Å². The summed E-state index contributed by atoms with van der Waals surface area (Å²) in [6, 6.07) is 0. The Morgan fingerprint density at radius 3 is 2.84 bits per heavy atom. The quantitative estimate of drug-likeness (QED) is 0.820. The highest BCUT2D eigenvalue weighted by molar-refractivity contribution is 5.48. The first-order valence-corrected chi connectivity index (χ1v) is 7.06. The zero-order valence-electron chi connectivity index (χ0n) is 12.1. The van der Waals surface area contributed by atoms with Crippen LogP contribution in [0.3, 0.4) is 0 Å². The van der Waals surface area contributed by atoms with Gasteiger partial charge in [0.25, 0.3) is 0 Å². The summed E-state index contributed by atoms with van der Waals surface area (Å²) in [7, 11) is 2.06. The first-order chi connectivity index (χ1) is 9.10. The predicted octanol–water partition coefficient (Wildman–Crippen LogP) is 1.81. The van der Waals surface area contributed by atoms with E-state index in [0.29, 0.717) is 11.9 Å². The SMILES string of the molecule is CCCNc1ncc(C)c(N(C)CC2CC(O)C2)n1. The average Bonchev–Trinajstić information content (AvgIpc) is 2.35. The Kier molecular flexibility index (Phi) is 4.58. The molecular formula is C14H24N4O. The van der Waals surface area contributed by atoms with Crippen LogP contribution in [0, 0.1) is 12.8 Å². The van der Waals surface area contributed by atoms with Gasteiger partial charge >= 0.3 is 0 Å². The van der Waals surface area contributed by atoms with E-state index in [9.17, 15) is 5.11 Å². The topological polar surface area (TPSA) is 61.3 Å². The minimum atomic E-state index is -0.0910. The molecule has 0 radical (unpaired) electrons. The van der Waals surface area contributed by atoms with Gasteiger partial charge in [0.1, 0.15) is 5.82 Å². The number of rotatable bonds is 6. The van der Waals surface area contributed by atoms with Crippen molar-refractivity contribution in [2.75, 3.05) is 30.4 Å². The monoisotopic (exact) mass is 264 g/mol. The predicted molar refractivity (Wildman–Crippen MR) is 77.6 cm³/mol. The summed E-state index contributed by atoms with van der Waals surface area (Å²) < 4.78 is 0. The maximum atomic E-state index is 9.34. The third-order valence-electron chi connectivity index (χ3n) is 3.58. The van der Waals surface area contributed by atoms with Crippen LogP contribution in [0.2, 0.25) is 0 Å². The molecule has 1 fully saturated rings. The van der Waals surface area contributed by atoms with Gasteiger partial charge < -0.3 is 15.3 Å². The molecule has 1 aliphatic rings. The molecule has 1 saturated carbocycles. The fourth-order valence-corrected chi connectivity index (χ4v) is 2.46. The maximum Gasteiger partial charge on any atom is 0.224 e. The van der Waals surface area contributed by atoms with Crippen LogP contribution in [0.15, 0.2) is 6.20 Å². The lowest BCUT2D eigenvalue weighted by molar-refractivity contribution is 0.0464. The van der Waals surface area contributed by atoms with Crippen molar-refractivity contribution in [3.05, 3.63) is 11.8 Å². The molecule has 1 aliphatic carbocycles. The molecule has 0 saturated heterocycles. The van der Waals surface area contributed by atoms with Gasteiger partial charge in [0.2, 0.25) is 5.95 Å². The number of anilines is 2. The molecule has 5 nitrogen and oxygen atoms in total. The largest absolute Gasteiger partial charge is 0.393 e. The highest BCUT2D eigenvalue weighted by atomic mass is 16.3. The normalized spacial score (nSPS) is 21.9. The first-order valence-electron chi connectivity index (χ1n) is 7.06. The Labute approximate surface area is 115 Å². The van der Waals surface area contributed by atoms with Crippen molar-refractivity contribution in [3.63, 3.8) is 0 Å². The van der Waals surface area contributed by atoms with Crippen LogP contribution in [0.5, 0.6) is 0 Å². The van der Waals surface area contributed by atoms with Gasteiger partial charge in [0.05, 0.1) is 6.10 Å². The smallest absolute Gasteiger partial charge is 0.224 e. The van der Waals surface area contributed by atoms with Gasteiger partial charge in [0, 0.05) is 31.9 Å². The Morgan fingerprint density at radius 2 is 2.21 bits per heavy atom. The van der Waals surface area contributed by atoms with E-state index in [1.54, 1.807) is 0 Å². The van der Waals surface area contributed by atoms with Crippen molar-refractivity contribution in [3.8, 4) is 0 Å². The van der Waals surface area contributed by atoms with Gasteiger partial charge in [-0.05, 0) is 32.1 Å². The van der Waals surface area contributed by atoms with Crippen molar-refractivity contribution in [1.82, 2.24) is 9.97 Å². The van der Waals surface area contributed by atoms with E-state index >= 15 is 0 Å². The van der Waals surface area contributed by atoms with Gasteiger partial charge in [0.15, 0.2) is 0 Å². The molecule has 1 aromatic rings. The number of hydrogen-bond acceptors (Lipinski definition) is 5. The summed E-state index contributed by atoms with van der Waals surface area (Å²) in [6.45, 7) is 5.99. The lowest BCUT2D eigenvalue weighted by atomic mass is 9.82. The second-order valence-corrected chi connectivity index (χ2v) is 5.50. The van der Waals surface area contributed by atoms with Gasteiger partial charge in [-0.15, -0.1) is 0 Å². The van der Waals surface area contributed by atoms with Gasteiger partial charge in [-0.25, -0.2) is 4.98 Å². The molecule has 2 N–H and O–H groups in total. The number of nitrogens with one attached hydrogen (secondary N) is 1. The van der Waals surface area contributed by atoms with Crippen molar-refractivity contribution in [2.24, 2.45) is 5.92 Å². The summed E-state index contributed by atoms with van der Waals surface area (Å²) in [5.41, 5.74) is 1.09.